The molecule has 0 heterocycles. The van der Waals surface area contributed by atoms with Crippen molar-refractivity contribution in [3.05, 3.63) is 12.2 Å². The van der Waals surface area contributed by atoms with E-state index in [0.29, 0.717) is 6.42 Å². The van der Waals surface area contributed by atoms with Gasteiger partial charge in [-0.2, -0.15) is 0 Å². The fourth-order valence-electron chi connectivity index (χ4n) is 0.740. The molecule has 0 aromatic rings. The first-order valence-corrected chi connectivity index (χ1v) is 4.36. The first-order valence-electron chi connectivity index (χ1n) is 4.36. The van der Waals surface area contributed by atoms with Gasteiger partial charge in [0, 0.05) is 6.42 Å². The van der Waals surface area contributed by atoms with E-state index in [-0.39, 0.29) is 24.3 Å². The van der Waals surface area contributed by atoms with Crippen LogP contribution in [0.4, 0.5) is 0 Å². The van der Waals surface area contributed by atoms with Crippen LogP contribution in [0.25, 0.3) is 0 Å². The molecule has 0 unspecified atom stereocenters. The number of ketones is 1. The molecule has 0 aliphatic rings. The van der Waals surface area contributed by atoms with Crippen LogP contribution < -0.4 is 0 Å². The molecule has 0 saturated carbocycles. The van der Waals surface area contributed by atoms with E-state index in [1.54, 1.807) is 26.0 Å². The largest absolute Gasteiger partial charge is 0.463 e. The topological polar surface area (TPSA) is 43.4 Å². The molecule has 0 spiro atoms. The van der Waals surface area contributed by atoms with Gasteiger partial charge in [-0.05, 0) is 20.8 Å². The van der Waals surface area contributed by atoms with Crippen molar-refractivity contribution < 1.29 is 14.3 Å². The molecular weight excluding hydrogens is 168 g/mol. The normalized spacial score (nSPS) is 10.8. The zero-order valence-electron chi connectivity index (χ0n) is 8.37. The van der Waals surface area contributed by atoms with Gasteiger partial charge in [-0.3, -0.25) is 9.59 Å². The summed E-state index contributed by atoms with van der Waals surface area (Å²) >= 11 is 0. The molecule has 0 aliphatic carbocycles. The lowest BCUT2D eigenvalue weighted by atomic mass is 10.2. The molecule has 0 bridgehead atoms. The van der Waals surface area contributed by atoms with Crippen LogP contribution in [0.15, 0.2) is 12.2 Å². The fourth-order valence-corrected chi connectivity index (χ4v) is 0.740. The van der Waals surface area contributed by atoms with Gasteiger partial charge in [0.1, 0.15) is 5.78 Å². The second-order valence-electron chi connectivity index (χ2n) is 3.12. The molecule has 13 heavy (non-hydrogen) atoms. The zero-order valence-corrected chi connectivity index (χ0v) is 8.37. The average molecular weight is 184 g/mol. The third kappa shape index (κ3) is 8.79. The van der Waals surface area contributed by atoms with Gasteiger partial charge in [-0.1, -0.05) is 12.2 Å². The van der Waals surface area contributed by atoms with Crippen LogP contribution in [0.5, 0.6) is 0 Å². The van der Waals surface area contributed by atoms with Crippen LogP contribution in [0, 0.1) is 0 Å². The number of hydrogen-bond acceptors (Lipinski definition) is 3. The molecular formula is C10H16O3. The number of allylic oxidation sites excluding steroid dienone is 1. The summed E-state index contributed by atoms with van der Waals surface area (Å²) in [4.78, 5) is 21.4. The molecule has 0 amide bonds. The van der Waals surface area contributed by atoms with Crippen LogP contribution in [0.3, 0.4) is 0 Å². The van der Waals surface area contributed by atoms with E-state index in [1.807, 2.05) is 0 Å². The monoisotopic (exact) mass is 184 g/mol. The third-order valence-electron chi connectivity index (χ3n) is 1.22. The summed E-state index contributed by atoms with van der Waals surface area (Å²) in [6.07, 6.45) is 3.89. The molecule has 0 aromatic carbocycles. The minimum absolute atomic E-state index is 0.0753. The Labute approximate surface area is 78.8 Å². The van der Waals surface area contributed by atoms with Crippen molar-refractivity contribution in [3.63, 3.8) is 0 Å². The highest BCUT2D eigenvalue weighted by molar-refractivity contribution is 5.77. The maximum Gasteiger partial charge on any atom is 0.309 e. The number of rotatable bonds is 5. The van der Waals surface area contributed by atoms with Gasteiger partial charge in [0.15, 0.2) is 0 Å². The zero-order chi connectivity index (χ0) is 10.3. The van der Waals surface area contributed by atoms with Crippen molar-refractivity contribution >= 4 is 11.8 Å². The lowest BCUT2D eigenvalue weighted by Gasteiger charge is -2.05. The van der Waals surface area contributed by atoms with Crippen molar-refractivity contribution in [3.8, 4) is 0 Å². The van der Waals surface area contributed by atoms with Gasteiger partial charge >= 0.3 is 5.97 Å². The van der Waals surface area contributed by atoms with Crippen LogP contribution in [-0.4, -0.2) is 17.9 Å². The summed E-state index contributed by atoms with van der Waals surface area (Å²) in [7, 11) is 0. The number of carbonyl (C=O) groups is 2. The quantitative estimate of drug-likeness (QED) is 0.484. The Morgan fingerprint density at radius 2 is 1.77 bits per heavy atom. The summed E-state index contributed by atoms with van der Waals surface area (Å²) in [6.45, 7) is 5.12. The van der Waals surface area contributed by atoms with Crippen molar-refractivity contribution in [2.75, 3.05) is 0 Å². The molecule has 0 aromatic heterocycles. The number of carbonyl (C=O) groups excluding carboxylic acids is 2. The molecule has 0 saturated heterocycles. The van der Waals surface area contributed by atoms with Crippen molar-refractivity contribution in [1.82, 2.24) is 0 Å². The Morgan fingerprint density at radius 3 is 2.23 bits per heavy atom. The second-order valence-corrected chi connectivity index (χ2v) is 3.12. The van der Waals surface area contributed by atoms with Gasteiger partial charge in [0.25, 0.3) is 0 Å². The van der Waals surface area contributed by atoms with Crippen LogP contribution in [0.2, 0.25) is 0 Å². The average Bonchev–Trinajstić information content (AvgIpc) is 1.96. The van der Waals surface area contributed by atoms with Crippen molar-refractivity contribution in [2.45, 2.75) is 39.7 Å². The maximum atomic E-state index is 10.9. The predicted molar refractivity (Wildman–Crippen MR) is 50.3 cm³/mol. The van der Waals surface area contributed by atoms with E-state index < -0.39 is 0 Å². The Hall–Kier alpha value is -1.12. The van der Waals surface area contributed by atoms with E-state index in [0.717, 1.165) is 0 Å². The molecule has 0 N–H and O–H groups in total. The van der Waals surface area contributed by atoms with Gasteiger partial charge < -0.3 is 4.74 Å². The second kappa shape index (κ2) is 6.40. The SMILES string of the molecule is CC(=O)C/C=C/CC(=O)OC(C)C. The maximum absolute atomic E-state index is 10.9. The molecule has 0 rings (SSSR count). The fraction of sp³-hybridized carbons (Fsp3) is 0.600. The Balaban J connectivity index is 3.57. The van der Waals surface area contributed by atoms with E-state index in [4.69, 9.17) is 4.74 Å². The van der Waals surface area contributed by atoms with Crippen molar-refractivity contribution in [1.29, 1.82) is 0 Å². The Morgan fingerprint density at radius 1 is 1.23 bits per heavy atom. The minimum atomic E-state index is -0.255. The summed E-state index contributed by atoms with van der Waals surface area (Å²) in [5.41, 5.74) is 0. The highest BCUT2D eigenvalue weighted by atomic mass is 16.5. The van der Waals surface area contributed by atoms with Gasteiger partial charge in [0.05, 0.1) is 12.5 Å². The van der Waals surface area contributed by atoms with Crippen molar-refractivity contribution in [2.24, 2.45) is 0 Å². The molecule has 74 valence electrons. The third-order valence-corrected chi connectivity index (χ3v) is 1.22. The minimum Gasteiger partial charge on any atom is -0.463 e. The lowest BCUT2D eigenvalue weighted by Crippen LogP contribution is -2.09. The molecule has 0 atom stereocenters. The highest BCUT2D eigenvalue weighted by Crippen LogP contribution is 1.95. The number of hydrogen-bond donors (Lipinski definition) is 0. The molecule has 0 radical (unpaired) electrons. The summed E-state index contributed by atoms with van der Waals surface area (Å²) in [6, 6.07) is 0. The summed E-state index contributed by atoms with van der Waals surface area (Å²) < 4.78 is 4.88. The van der Waals surface area contributed by atoms with Gasteiger partial charge in [0.2, 0.25) is 0 Å². The lowest BCUT2D eigenvalue weighted by molar-refractivity contribution is -0.146. The molecule has 3 nitrogen and oxygen atoms in total. The van der Waals surface area contributed by atoms with Crippen LogP contribution in [0.1, 0.15) is 33.6 Å². The van der Waals surface area contributed by atoms with E-state index in [2.05, 4.69) is 0 Å². The van der Waals surface area contributed by atoms with Gasteiger partial charge in [-0.25, -0.2) is 0 Å². The van der Waals surface area contributed by atoms with Crippen LogP contribution >= 0.6 is 0 Å². The molecule has 0 fully saturated rings. The summed E-state index contributed by atoms with van der Waals surface area (Å²) in [5, 5.41) is 0. The first-order chi connectivity index (χ1) is 6.02. The highest BCUT2D eigenvalue weighted by Gasteiger charge is 2.01. The van der Waals surface area contributed by atoms with E-state index >= 15 is 0 Å². The molecule has 3 heteroatoms. The van der Waals surface area contributed by atoms with E-state index in [1.165, 1.54) is 6.92 Å². The summed E-state index contributed by atoms with van der Waals surface area (Å²) in [5.74, 6) is -0.164. The number of Topliss-reactive ketones (excluding diaryl/α,β-unsaturated/α-hetero) is 1. The smallest absolute Gasteiger partial charge is 0.309 e. The number of ether oxygens (including phenoxy) is 1. The van der Waals surface area contributed by atoms with E-state index in [9.17, 15) is 9.59 Å². The first kappa shape index (κ1) is 11.9. The molecule has 0 aliphatic heterocycles. The standard InChI is InChI=1S/C10H16O3/c1-8(2)13-10(12)7-5-4-6-9(3)11/h4-5,8H,6-7H2,1-3H3/b5-4+. The van der Waals surface area contributed by atoms with Gasteiger partial charge in [-0.15, -0.1) is 0 Å². The predicted octanol–water partition coefficient (Wildman–Crippen LogP) is 1.86. The number of esters is 1. The Bertz CT molecular complexity index is 204. The Kier molecular flexibility index (Phi) is 5.85. The van der Waals surface area contributed by atoms with Crippen LogP contribution in [-0.2, 0) is 14.3 Å².